The number of rotatable bonds is 5. The van der Waals surface area contributed by atoms with Crippen molar-refractivity contribution in [3.63, 3.8) is 0 Å². The number of likely N-dealkylation sites (tertiary alicyclic amines) is 1. The third kappa shape index (κ3) is 3.13. The maximum atomic E-state index is 9.07. The first kappa shape index (κ1) is 14.0. The molecule has 0 amide bonds. The Bertz CT molecular complexity index is 418. The van der Waals surface area contributed by atoms with Gasteiger partial charge < -0.3 is 9.47 Å². The van der Waals surface area contributed by atoms with E-state index in [1.807, 2.05) is 18.2 Å². The second-order valence-electron chi connectivity index (χ2n) is 4.79. The molecule has 1 heterocycles. The highest BCUT2D eigenvalue weighted by molar-refractivity contribution is 5.20. The van der Waals surface area contributed by atoms with Gasteiger partial charge in [-0.1, -0.05) is 30.3 Å². The minimum absolute atomic E-state index is 0.0786. The van der Waals surface area contributed by atoms with Crippen LogP contribution in [0.1, 0.15) is 18.0 Å². The predicted molar refractivity (Wildman–Crippen MR) is 72.6 cm³/mol. The summed E-state index contributed by atoms with van der Waals surface area (Å²) in [5.41, 5.74) is 1.18. The summed E-state index contributed by atoms with van der Waals surface area (Å²) in [7, 11) is 3.42. The van der Waals surface area contributed by atoms with Gasteiger partial charge in [0.15, 0.2) is 0 Å². The van der Waals surface area contributed by atoms with Crippen LogP contribution in [0.5, 0.6) is 0 Å². The largest absolute Gasteiger partial charge is 0.377 e. The molecule has 1 aliphatic rings. The first-order chi connectivity index (χ1) is 9.30. The fourth-order valence-corrected chi connectivity index (χ4v) is 2.70. The van der Waals surface area contributed by atoms with E-state index >= 15 is 0 Å². The minimum atomic E-state index is 0.0786. The fraction of sp³-hybridized carbons (Fsp3) is 0.533. The number of hydrogen-bond donors (Lipinski definition) is 0. The Balaban J connectivity index is 2.15. The summed E-state index contributed by atoms with van der Waals surface area (Å²) in [6, 6.07) is 12.6. The third-order valence-corrected chi connectivity index (χ3v) is 3.76. The Morgan fingerprint density at radius 3 is 2.26 bits per heavy atom. The highest BCUT2D eigenvalue weighted by atomic mass is 16.5. The van der Waals surface area contributed by atoms with E-state index in [1.165, 1.54) is 5.56 Å². The molecule has 3 atom stereocenters. The SMILES string of the molecule is COC1CN(C(CC#N)c2ccccc2)CC1OC. The zero-order chi connectivity index (χ0) is 13.7. The van der Waals surface area contributed by atoms with Crippen molar-refractivity contribution in [2.75, 3.05) is 27.3 Å². The number of nitrogens with zero attached hydrogens (tertiary/aromatic N) is 2. The predicted octanol–water partition coefficient (Wildman–Crippen LogP) is 1.99. The maximum absolute atomic E-state index is 9.07. The molecule has 0 radical (unpaired) electrons. The van der Waals surface area contributed by atoms with Crippen LogP contribution in [-0.4, -0.2) is 44.4 Å². The van der Waals surface area contributed by atoms with Crippen molar-refractivity contribution in [3.05, 3.63) is 35.9 Å². The zero-order valence-corrected chi connectivity index (χ0v) is 11.5. The highest BCUT2D eigenvalue weighted by Crippen LogP contribution is 2.29. The van der Waals surface area contributed by atoms with Gasteiger partial charge in [-0.25, -0.2) is 0 Å². The Morgan fingerprint density at radius 2 is 1.79 bits per heavy atom. The lowest BCUT2D eigenvalue weighted by atomic mass is 10.0. The van der Waals surface area contributed by atoms with Crippen LogP contribution in [0.3, 0.4) is 0 Å². The smallest absolute Gasteiger partial charge is 0.0972 e. The van der Waals surface area contributed by atoms with E-state index in [4.69, 9.17) is 14.7 Å². The summed E-state index contributed by atoms with van der Waals surface area (Å²) in [6.45, 7) is 1.60. The van der Waals surface area contributed by atoms with E-state index in [-0.39, 0.29) is 18.2 Å². The van der Waals surface area contributed by atoms with E-state index in [0.717, 1.165) is 13.1 Å². The molecule has 102 valence electrons. The molecule has 0 N–H and O–H groups in total. The van der Waals surface area contributed by atoms with Crippen LogP contribution in [0.15, 0.2) is 30.3 Å². The molecule has 19 heavy (non-hydrogen) atoms. The lowest BCUT2D eigenvalue weighted by Crippen LogP contribution is -2.27. The Hall–Kier alpha value is -1.41. The second-order valence-corrected chi connectivity index (χ2v) is 4.79. The van der Waals surface area contributed by atoms with Gasteiger partial charge in [0.1, 0.15) is 0 Å². The molecule has 0 aliphatic carbocycles. The quantitative estimate of drug-likeness (QED) is 0.812. The molecule has 0 bridgehead atoms. The normalized spacial score (nSPS) is 25.1. The standard InChI is InChI=1S/C15H20N2O2/c1-18-14-10-17(11-15(14)19-2)13(8-9-16)12-6-4-3-5-7-12/h3-7,13-15H,8,10-11H2,1-2H3. The molecule has 1 aromatic carbocycles. The van der Waals surface area contributed by atoms with Gasteiger partial charge in [-0.3, -0.25) is 4.90 Å². The average Bonchev–Trinajstić information content (AvgIpc) is 2.88. The van der Waals surface area contributed by atoms with Crippen molar-refractivity contribution in [2.45, 2.75) is 24.7 Å². The van der Waals surface area contributed by atoms with Crippen LogP contribution in [0.25, 0.3) is 0 Å². The molecule has 1 aliphatic heterocycles. The molecule has 4 nitrogen and oxygen atoms in total. The van der Waals surface area contributed by atoms with Crippen molar-refractivity contribution in [3.8, 4) is 6.07 Å². The number of benzene rings is 1. The average molecular weight is 260 g/mol. The monoisotopic (exact) mass is 260 g/mol. The van der Waals surface area contributed by atoms with Crippen molar-refractivity contribution in [1.82, 2.24) is 4.90 Å². The van der Waals surface area contributed by atoms with Gasteiger partial charge in [-0.15, -0.1) is 0 Å². The fourth-order valence-electron chi connectivity index (χ4n) is 2.70. The molecule has 1 aromatic rings. The summed E-state index contributed by atoms with van der Waals surface area (Å²) >= 11 is 0. The van der Waals surface area contributed by atoms with Gasteiger partial charge in [0.05, 0.1) is 24.7 Å². The molecule has 3 unspecified atom stereocenters. The van der Waals surface area contributed by atoms with Gasteiger partial charge in [-0.05, 0) is 5.56 Å². The molecule has 0 spiro atoms. The van der Waals surface area contributed by atoms with Crippen LogP contribution in [-0.2, 0) is 9.47 Å². The van der Waals surface area contributed by atoms with E-state index < -0.39 is 0 Å². The van der Waals surface area contributed by atoms with Gasteiger partial charge in [0.2, 0.25) is 0 Å². The van der Waals surface area contributed by atoms with E-state index in [2.05, 4.69) is 23.1 Å². The van der Waals surface area contributed by atoms with E-state index in [9.17, 15) is 0 Å². The summed E-state index contributed by atoms with van der Waals surface area (Å²) in [4.78, 5) is 2.28. The molecule has 1 fully saturated rings. The minimum Gasteiger partial charge on any atom is -0.377 e. The third-order valence-electron chi connectivity index (χ3n) is 3.76. The molecule has 0 aromatic heterocycles. The molecule has 2 rings (SSSR count). The first-order valence-corrected chi connectivity index (χ1v) is 6.51. The van der Waals surface area contributed by atoms with Gasteiger partial charge in [0.25, 0.3) is 0 Å². The maximum Gasteiger partial charge on any atom is 0.0972 e. The zero-order valence-electron chi connectivity index (χ0n) is 11.5. The van der Waals surface area contributed by atoms with Gasteiger partial charge in [-0.2, -0.15) is 5.26 Å². The summed E-state index contributed by atoms with van der Waals surface area (Å²) in [5.74, 6) is 0. The number of hydrogen-bond acceptors (Lipinski definition) is 4. The Kier molecular flexibility index (Phi) is 4.92. The van der Waals surface area contributed by atoms with Crippen LogP contribution in [0, 0.1) is 11.3 Å². The molecular weight excluding hydrogens is 240 g/mol. The lowest BCUT2D eigenvalue weighted by Gasteiger charge is -2.26. The van der Waals surface area contributed by atoms with Crippen molar-refractivity contribution in [1.29, 1.82) is 5.26 Å². The van der Waals surface area contributed by atoms with Crippen LogP contribution >= 0.6 is 0 Å². The molecule has 4 heteroatoms. The summed E-state index contributed by atoms with van der Waals surface area (Å²) in [5, 5.41) is 9.07. The Morgan fingerprint density at radius 1 is 1.21 bits per heavy atom. The van der Waals surface area contributed by atoms with Gasteiger partial charge in [0, 0.05) is 33.4 Å². The second kappa shape index (κ2) is 6.67. The number of ether oxygens (including phenoxy) is 2. The first-order valence-electron chi connectivity index (χ1n) is 6.51. The summed E-state index contributed by atoms with van der Waals surface area (Å²) in [6.07, 6.45) is 0.640. The van der Waals surface area contributed by atoms with Gasteiger partial charge >= 0.3 is 0 Å². The summed E-state index contributed by atoms with van der Waals surface area (Å²) < 4.78 is 10.9. The van der Waals surface area contributed by atoms with E-state index in [0.29, 0.717) is 6.42 Å². The van der Waals surface area contributed by atoms with Crippen molar-refractivity contribution >= 4 is 0 Å². The molecule has 1 saturated heterocycles. The molecule has 0 saturated carbocycles. The highest BCUT2D eigenvalue weighted by Gasteiger charge is 2.36. The lowest BCUT2D eigenvalue weighted by molar-refractivity contribution is -0.00461. The molecular formula is C15H20N2O2. The number of methoxy groups -OCH3 is 2. The Labute approximate surface area is 114 Å². The van der Waals surface area contributed by atoms with Crippen LogP contribution < -0.4 is 0 Å². The van der Waals surface area contributed by atoms with Crippen molar-refractivity contribution in [2.24, 2.45) is 0 Å². The van der Waals surface area contributed by atoms with E-state index in [1.54, 1.807) is 14.2 Å². The topological polar surface area (TPSA) is 45.5 Å². The van der Waals surface area contributed by atoms with Crippen molar-refractivity contribution < 1.29 is 9.47 Å². The number of nitriles is 1. The van der Waals surface area contributed by atoms with Crippen LogP contribution in [0.4, 0.5) is 0 Å². The van der Waals surface area contributed by atoms with Crippen LogP contribution in [0.2, 0.25) is 0 Å².